The predicted octanol–water partition coefficient (Wildman–Crippen LogP) is 4.02. The maximum absolute atomic E-state index is 11.5. The van der Waals surface area contributed by atoms with Gasteiger partial charge >= 0.3 is 5.97 Å². The summed E-state index contributed by atoms with van der Waals surface area (Å²) in [5.41, 5.74) is 3.22. The van der Waals surface area contributed by atoms with Crippen LogP contribution in [0.5, 0.6) is 5.75 Å². The van der Waals surface area contributed by atoms with E-state index in [0.29, 0.717) is 12.4 Å². The average Bonchev–Trinajstić information content (AvgIpc) is 2.82. The minimum Gasteiger partial charge on any atom is -0.481 e. The second-order valence-corrected chi connectivity index (χ2v) is 5.31. The normalized spacial score (nSPS) is 11.1. The van der Waals surface area contributed by atoms with Gasteiger partial charge in [0.25, 0.3) is 0 Å². The van der Waals surface area contributed by atoms with E-state index >= 15 is 0 Å². The van der Waals surface area contributed by atoms with E-state index in [1.54, 1.807) is 6.92 Å². The Morgan fingerprint density at radius 3 is 2.87 bits per heavy atom. The number of rotatable bonds is 7. The Labute approximate surface area is 137 Å². The largest absolute Gasteiger partial charge is 0.481 e. The maximum atomic E-state index is 11.5. The number of benzene rings is 1. The van der Waals surface area contributed by atoms with Crippen molar-refractivity contribution in [1.82, 2.24) is 4.57 Å². The number of ether oxygens (including phenoxy) is 2. The SMILES string of the molecule is C=C(/C=C\C)Cn1c(C)cc2c(OCC(=O)OCC)cccc21. The molecule has 0 aliphatic heterocycles. The van der Waals surface area contributed by atoms with Crippen molar-refractivity contribution >= 4 is 16.9 Å². The molecular weight excluding hydrogens is 290 g/mol. The minimum absolute atomic E-state index is 0.0809. The summed E-state index contributed by atoms with van der Waals surface area (Å²) in [7, 11) is 0. The highest BCUT2D eigenvalue weighted by atomic mass is 16.6. The van der Waals surface area contributed by atoms with Crippen LogP contribution in [0, 0.1) is 6.92 Å². The molecule has 2 rings (SSSR count). The highest BCUT2D eigenvalue weighted by molar-refractivity contribution is 5.88. The number of fused-ring (bicyclic) bond motifs is 1. The van der Waals surface area contributed by atoms with Crippen LogP contribution in [-0.2, 0) is 16.1 Å². The number of hydrogen-bond donors (Lipinski definition) is 0. The van der Waals surface area contributed by atoms with Crippen LogP contribution in [0.1, 0.15) is 19.5 Å². The Bertz CT molecular complexity index is 740. The number of nitrogens with zero attached hydrogens (tertiary/aromatic N) is 1. The Balaban J connectivity index is 2.28. The summed E-state index contributed by atoms with van der Waals surface area (Å²) in [5.74, 6) is 0.330. The van der Waals surface area contributed by atoms with Crippen molar-refractivity contribution in [3.8, 4) is 5.75 Å². The number of carbonyl (C=O) groups is 1. The molecule has 1 aromatic carbocycles. The molecule has 0 atom stereocenters. The summed E-state index contributed by atoms with van der Waals surface area (Å²) in [5, 5.41) is 0.988. The molecule has 23 heavy (non-hydrogen) atoms. The van der Waals surface area contributed by atoms with Crippen molar-refractivity contribution in [2.45, 2.75) is 27.3 Å². The van der Waals surface area contributed by atoms with E-state index in [-0.39, 0.29) is 12.6 Å². The molecule has 0 spiro atoms. The predicted molar refractivity (Wildman–Crippen MR) is 92.8 cm³/mol. The Hall–Kier alpha value is -2.49. The molecule has 4 nitrogen and oxygen atoms in total. The summed E-state index contributed by atoms with van der Waals surface area (Å²) in [6.07, 6.45) is 3.99. The van der Waals surface area contributed by atoms with Crippen LogP contribution >= 0.6 is 0 Å². The highest BCUT2D eigenvalue weighted by Gasteiger charge is 2.11. The third-order valence-electron chi connectivity index (χ3n) is 3.53. The molecule has 0 N–H and O–H groups in total. The first-order valence-corrected chi connectivity index (χ1v) is 7.74. The summed E-state index contributed by atoms with van der Waals surface area (Å²) >= 11 is 0. The van der Waals surface area contributed by atoms with Crippen LogP contribution < -0.4 is 4.74 Å². The lowest BCUT2D eigenvalue weighted by Gasteiger charge is -2.10. The van der Waals surface area contributed by atoms with Gasteiger partial charge in [0.2, 0.25) is 0 Å². The van der Waals surface area contributed by atoms with Gasteiger partial charge in [0, 0.05) is 17.6 Å². The quantitative estimate of drug-likeness (QED) is 0.572. The van der Waals surface area contributed by atoms with Crippen LogP contribution in [0.15, 0.2) is 48.6 Å². The Morgan fingerprint density at radius 2 is 2.17 bits per heavy atom. The summed E-state index contributed by atoms with van der Waals surface area (Å²) < 4.78 is 12.7. The summed E-state index contributed by atoms with van der Waals surface area (Å²) in [6, 6.07) is 7.91. The topological polar surface area (TPSA) is 40.5 Å². The van der Waals surface area contributed by atoms with Crippen molar-refractivity contribution in [1.29, 1.82) is 0 Å². The Kier molecular flexibility index (Phi) is 5.63. The second-order valence-electron chi connectivity index (χ2n) is 5.31. The van der Waals surface area contributed by atoms with Gasteiger partial charge in [0.1, 0.15) is 5.75 Å². The molecule has 0 saturated heterocycles. The van der Waals surface area contributed by atoms with Crippen molar-refractivity contribution < 1.29 is 14.3 Å². The number of hydrogen-bond acceptors (Lipinski definition) is 3. The smallest absolute Gasteiger partial charge is 0.344 e. The summed E-state index contributed by atoms with van der Waals surface area (Å²) in [6.45, 7) is 10.9. The van der Waals surface area contributed by atoms with Crippen LogP contribution in [0.2, 0.25) is 0 Å². The van der Waals surface area contributed by atoms with Gasteiger partial charge < -0.3 is 14.0 Å². The van der Waals surface area contributed by atoms with Gasteiger partial charge in [0.05, 0.1) is 12.1 Å². The molecular formula is C19H23NO3. The number of carbonyl (C=O) groups excluding carboxylic acids is 1. The van der Waals surface area contributed by atoms with E-state index in [9.17, 15) is 4.79 Å². The zero-order chi connectivity index (χ0) is 16.8. The van der Waals surface area contributed by atoms with E-state index in [4.69, 9.17) is 9.47 Å². The van der Waals surface area contributed by atoms with Crippen molar-refractivity contribution in [3.63, 3.8) is 0 Å². The molecule has 0 aliphatic rings. The molecule has 0 radical (unpaired) electrons. The molecule has 1 heterocycles. The van der Waals surface area contributed by atoms with Gasteiger partial charge in [-0.25, -0.2) is 4.79 Å². The maximum Gasteiger partial charge on any atom is 0.344 e. The molecule has 0 bridgehead atoms. The molecule has 1 aromatic heterocycles. The molecule has 0 aliphatic carbocycles. The van der Waals surface area contributed by atoms with Gasteiger partial charge in [-0.3, -0.25) is 0 Å². The number of allylic oxidation sites excluding steroid dienone is 3. The molecule has 0 fully saturated rings. The van der Waals surface area contributed by atoms with Crippen molar-refractivity contribution in [2.24, 2.45) is 0 Å². The monoisotopic (exact) mass is 313 g/mol. The van der Waals surface area contributed by atoms with E-state index in [1.807, 2.05) is 37.3 Å². The number of aromatic nitrogens is 1. The van der Waals surface area contributed by atoms with Crippen LogP contribution in [0.3, 0.4) is 0 Å². The van der Waals surface area contributed by atoms with Crippen molar-refractivity contribution in [3.05, 3.63) is 54.3 Å². The molecule has 122 valence electrons. The highest BCUT2D eigenvalue weighted by Crippen LogP contribution is 2.29. The lowest BCUT2D eigenvalue weighted by atomic mass is 10.2. The standard InChI is InChI=1S/C19H23NO3/c1-5-8-14(3)12-20-15(4)11-16-17(20)9-7-10-18(16)23-13-19(21)22-6-2/h5,7-11H,3,6,12-13H2,1-2,4H3/b8-5-. The van der Waals surface area contributed by atoms with Gasteiger partial charge in [-0.2, -0.15) is 0 Å². The molecule has 0 amide bonds. The third kappa shape index (κ3) is 4.03. The first-order valence-electron chi connectivity index (χ1n) is 7.74. The van der Waals surface area contributed by atoms with E-state index in [2.05, 4.69) is 24.1 Å². The molecule has 4 heteroatoms. The fourth-order valence-corrected chi connectivity index (χ4v) is 2.56. The fraction of sp³-hybridized carbons (Fsp3) is 0.316. The van der Waals surface area contributed by atoms with Gasteiger partial charge in [-0.05, 0) is 44.5 Å². The number of esters is 1. The van der Waals surface area contributed by atoms with E-state index < -0.39 is 0 Å². The van der Waals surface area contributed by atoms with Crippen LogP contribution in [0.25, 0.3) is 10.9 Å². The minimum atomic E-state index is -0.359. The molecule has 0 unspecified atom stereocenters. The lowest BCUT2D eigenvalue weighted by molar-refractivity contribution is -0.145. The van der Waals surface area contributed by atoms with Crippen molar-refractivity contribution in [2.75, 3.05) is 13.2 Å². The first kappa shape index (κ1) is 16.9. The van der Waals surface area contributed by atoms with Gasteiger partial charge in [-0.15, -0.1) is 0 Å². The van der Waals surface area contributed by atoms with Crippen LogP contribution in [0.4, 0.5) is 0 Å². The second kappa shape index (κ2) is 7.68. The Morgan fingerprint density at radius 1 is 1.39 bits per heavy atom. The van der Waals surface area contributed by atoms with E-state index in [0.717, 1.165) is 28.7 Å². The number of aryl methyl sites for hydroxylation is 1. The zero-order valence-corrected chi connectivity index (χ0v) is 14.0. The van der Waals surface area contributed by atoms with Gasteiger partial charge in [-0.1, -0.05) is 24.8 Å². The van der Waals surface area contributed by atoms with Crippen LogP contribution in [-0.4, -0.2) is 23.8 Å². The third-order valence-corrected chi connectivity index (χ3v) is 3.53. The van der Waals surface area contributed by atoms with Gasteiger partial charge in [0.15, 0.2) is 6.61 Å². The zero-order valence-electron chi connectivity index (χ0n) is 14.0. The molecule has 0 saturated carbocycles. The summed E-state index contributed by atoms with van der Waals surface area (Å²) in [4.78, 5) is 11.5. The average molecular weight is 313 g/mol. The molecule has 2 aromatic rings. The fourth-order valence-electron chi connectivity index (χ4n) is 2.56. The lowest BCUT2D eigenvalue weighted by Crippen LogP contribution is -2.14. The first-order chi connectivity index (χ1) is 11.1. The van der Waals surface area contributed by atoms with E-state index in [1.165, 1.54) is 0 Å².